The zero-order valence-corrected chi connectivity index (χ0v) is 21.6. The summed E-state index contributed by atoms with van der Waals surface area (Å²) in [4.78, 5) is 9.25. The molecule has 0 unspecified atom stereocenters. The molecule has 4 aromatic carbocycles. The normalized spacial score (nSPS) is 11.5. The van der Waals surface area contributed by atoms with Gasteiger partial charge in [0.25, 0.3) is 0 Å². The number of aliphatic imine (C=N–C) groups is 1. The number of aryl methyl sites for hydroxylation is 2. The monoisotopic (exact) mass is 544 g/mol. The van der Waals surface area contributed by atoms with Crippen LogP contribution in [0.3, 0.4) is 0 Å². The Hall–Kier alpha value is -3.41. The first kappa shape index (κ1) is 23.3. The molecule has 4 nitrogen and oxygen atoms in total. The summed E-state index contributed by atoms with van der Waals surface area (Å²) in [7, 11) is 0. The Labute approximate surface area is 217 Å². The minimum atomic E-state index is 0.135. The van der Waals surface area contributed by atoms with Crippen LogP contribution in [0.5, 0.6) is 5.75 Å². The number of aromatic nitrogens is 1. The summed E-state index contributed by atoms with van der Waals surface area (Å²) in [5.74, 6) is 0.717. The smallest absolute Gasteiger partial charge is 0.227 e. The van der Waals surface area contributed by atoms with Crippen LogP contribution in [0.2, 0.25) is 5.02 Å². The van der Waals surface area contributed by atoms with Gasteiger partial charge in [-0.15, -0.1) is 0 Å². The fourth-order valence-electron chi connectivity index (χ4n) is 3.88. The van der Waals surface area contributed by atoms with Crippen LogP contribution in [0.1, 0.15) is 27.8 Å². The number of aromatic hydroxyl groups is 1. The minimum Gasteiger partial charge on any atom is -0.506 e. The molecule has 6 heteroatoms. The molecule has 0 bridgehead atoms. The van der Waals surface area contributed by atoms with Gasteiger partial charge < -0.3 is 9.52 Å². The topological polar surface area (TPSA) is 58.6 Å². The fraction of sp³-hybridized carbons (Fsp3) is 0.103. The van der Waals surface area contributed by atoms with Gasteiger partial charge in [-0.25, -0.2) is 4.98 Å². The third-order valence-corrected chi connectivity index (χ3v) is 6.96. The van der Waals surface area contributed by atoms with Gasteiger partial charge in [-0.3, -0.25) is 4.99 Å². The SMILES string of the molecule is Cc1ccc(-c2nc3cc(N=Cc4cc(Cc5ccccc5Cl)cc(Br)c4O)ccc3o2)cc1C. The third-order valence-electron chi connectivity index (χ3n) is 5.98. The Kier molecular flexibility index (Phi) is 6.46. The lowest BCUT2D eigenvalue weighted by Gasteiger charge is -2.08. The highest BCUT2D eigenvalue weighted by Gasteiger charge is 2.11. The molecule has 0 radical (unpaired) electrons. The van der Waals surface area contributed by atoms with E-state index in [4.69, 9.17) is 16.0 Å². The van der Waals surface area contributed by atoms with Crippen molar-refractivity contribution in [3.05, 3.63) is 110 Å². The van der Waals surface area contributed by atoms with E-state index < -0.39 is 0 Å². The maximum Gasteiger partial charge on any atom is 0.227 e. The van der Waals surface area contributed by atoms with Gasteiger partial charge in [-0.1, -0.05) is 35.9 Å². The Morgan fingerprint density at radius 1 is 1.00 bits per heavy atom. The number of benzene rings is 4. The average molecular weight is 546 g/mol. The number of phenolic OH excluding ortho intramolecular Hbond substituents is 1. The van der Waals surface area contributed by atoms with Crippen LogP contribution < -0.4 is 0 Å². The van der Waals surface area contributed by atoms with Gasteiger partial charge in [0.05, 0.1) is 10.2 Å². The molecule has 0 atom stereocenters. The van der Waals surface area contributed by atoms with E-state index in [2.05, 4.69) is 51.9 Å². The Balaban J connectivity index is 1.43. The number of fused-ring (bicyclic) bond motifs is 1. The summed E-state index contributed by atoms with van der Waals surface area (Å²) < 4.78 is 6.57. The standard InChI is InChI=1S/C29H22BrClN2O2/c1-17-7-8-21(11-18(17)2)29-33-26-15-23(9-10-27(26)35-29)32-16-22-13-19(14-24(30)28(22)34)12-20-5-3-4-6-25(20)31/h3-11,13-16,34H,12H2,1-2H3. The van der Waals surface area contributed by atoms with Crippen molar-refractivity contribution >= 4 is 50.5 Å². The summed E-state index contributed by atoms with van der Waals surface area (Å²) >= 11 is 9.78. The molecule has 5 rings (SSSR count). The molecular weight excluding hydrogens is 524 g/mol. The van der Waals surface area contributed by atoms with Crippen LogP contribution in [0.25, 0.3) is 22.6 Å². The van der Waals surface area contributed by atoms with Gasteiger partial charge in [-0.05, 0) is 107 Å². The van der Waals surface area contributed by atoms with Crippen molar-refractivity contribution in [2.45, 2.75) is 20.3 Å². The second-order valence-electron chi connectivity index (χ2n) is 8.51. The van der Waals surface area contributed by atoms with E-state index >= 15 is 0 Å². The molecule has 0 aliphatic heterocycles. The number of hydrogen-bond acceptors (Lipinski definition) is 4. The van der Waals surface area contributed by atoms with Crippen LogP contribution in [0.15, 0.2) is 86.7 Å². The van der Waals surface area contributed by atoms with Crippen LogP contribution in [-0.2, 0) is 6.42 Å². The maximum atomic E-state index is 10.6. The lowest BCUT2D eigenvalue weighted by molar-refractivity contribution is 0.471. The first-order chi connectivity index (χ1) is 16.9. The molecule has 0 saturated heterocycles. The second-order valence-corrected chi connectivity index (χ2v) is 9.77. The van der Waals surface area contributed by atoms with Gasteiger partial charge in [-0.2, -0.15) is 0 Å². The Morgan fingerprint density at radius 3 is 2.63 bits per heavy atom. The van der Waals surface area contributed by atoms with Crippen LogP contribution in [-0.4, -0.2) is 16.3 Å². The molecule has 5 aromatic rings. The van der Waals surface area contributed by atoms with E-state index in [0.29, 0.717) is 38.6 Å². The zero-order chi connectivity index (χ0) is 24.5. The van der Waals surface area contributed by atoms with E-state index in [1.807, 2.05) is 60.7 Å². The van der Waals surface area contributed by atoms with Crippen molar-refractivity contribution < 1.29 is 9.52 Å². The molecule has 0 fully saturated rings. The Morgan fingerprint density at radius 2 is 1.83 bits per heavy atom. The largest absolute Gasteiger partial charge is 0.506 e. The van der Waals surface area contributed by atoms with Crippen molar-refractivity contribution in [2.75, 3.05) is 0 Å². The van der Waals surface area contributed by atoms with Gasteiger partial charge in [0.1, 0.15) is 11.3 Å². The lowest BCUT2D eigenvalue weighted by atomic mass is 10.0. The molecule has 35 heavy (non-hydrogen) atoms. The summed E-state index contributed by atoms with van der Waals surface area (Å²) in [5, 5.41) is 11.3. The maximum absolute atomic E-state index is 10.6. The molecule has 0 aliphatic rings. The second kappa shape index (κ2) is 9.68. The molecular formula is C29H22BrClN2O2. The van der Waals surface area contributed by atoms with E-state index in [9.17, 15) is 5.11 Å². The highest BCUT2D eigenvalue weighted by atomic mass is 79.9. The third kappa shape index (κ3) is 5.02. The molecule has 1 aromatic heterocycles. The van der Waals surface area contributed by atoms with Crippen LogP contribution in [0, 0.1) is 13.8 Å². The molecule has 1 N–H and O–H groups in total. The lowest BCUT2D eigenvalue weighted by Crippen LogP contribution is -1.93. The quantitative estimate of drug-likeness (QED) is 0.225. The summed E-state index contributed by atoms with van der Waals surface area (Å²) in [6.07, 6.45) is 2.30. The zero-order valence-electron chi connectivity index (χ0n) is 19.2. The number of oxazole rings is 1. The fourth-order valence-corrected chi connectivity index (χ4v) is 4.60. The molecule has 174 valence electrons. The van der Waals surface area contributed by atoms with Gasteiger partial charge >= 0.3 is 0 Å². The summed E-state index contributed by atoms with van der Waals surface area (Å²) in [6.45, 7) is 4.16. The first-order valence-corrected chi connectivity index (χ1v) is 12.3. The van der Waals surface area contributed by atoms with Crippen LogP contribution in [0.4, 0.5) is 5.69 Å². The van der Waals surface area contributed by atoms with Gasteiger partial charge in [0, 0.05) is 22.4 Å². The van der Waals surface area contributed by atoms with E-state index in [1.54, 1.807) is 6.21 Å². The van der Waals surface area contributed by atoms with Crippen molar-refractivity contribution in [1.29, 1.82) is 0 Å². The number of phenols is 1. The van der Waals surface area contributed by atoms with Crippen molar-refractivity contribution in [2.24, 2.45) is 4.99 Å². The summed E-state index contributed by atoms with van der Waals surface area (Å²) in [6, 6.07) is 23.3. The first-order valence-electron chi connectivity index (χ1n) is 11.1. The number of rotatable bonds is 5. The predicted molar refractivity (Wildman–Crippen MR) is 146 cm³/mol. The van der Waals surface area contributed by atoms with Crippen LogP contribution >= 0.6 is 27.5 Å². The van der Waals surface area contributed by atoms with E-state index in [-0.39, 0.29) is 5.75 Å². The minimum absolute atomic E-state index is 0.135. The molecule has 0 aliphatic carbocycles. The molecule has 1 heterocycles. The van der Waals surface area contributed by atoms with E-state index in [0.717, 1.165) is 22.2 Å². The van der Waals surface area contributed by atoms with Crippen molar-refractivity contribution in [1.82, 2.24) is 4.98 Å². The Bertz CT molecular complexity index is 1590. The number of hydrogen-bond donors (Lipinski definition) is 1. The number of halogens is 2. The van der Waals surface area contributed by atoms with Crippen molar-refractivity contribution in [3.63, 3.8) is 0 Å². The molecule has 0 amide bonds. The van der Waals surface area contributed by atoms with Gasteiger partial charge in [0.2, 0.25) is 5.89 Å². The van der Waals surface area contributed by atoms with Gasteiger partial charge in [0.15, 0.2) is 5.58 Å². The molecule has 0 saturated carbocycles. The van der Waals surface area contributed by atoms with E-state index in [1.165, 1.54) is 11.1 Å². The highest BCUT2D eigenvalue weighted by molar-refractivity contribution is 9.10. The predicted octanol–water partition coefficient (Wildman–Crippen LogP) is 8.57. The summed E-state index contributed by atoms with van der Waals surface area (Å²) in [5.41, 5.74) is 8.14. The highest BCUT2D eigenvalue weighted by Crippen LogP contribution is 2.32. The average Bonchev–Trinajstić information content (AvgIpc) is 3.27. The van der Waals surface area contributed by atoms with Crippen molar-refractivity contribution in [3.8, 4) is 17.2 Å². The number of nitrogens with zero attached hydrogens (tertiary/aromatic N) is 2. The molecule has 0 spiro atoms.